The molecule has 2 aromatic rings. The van der Waals surface area contributed by atoms with Crippen LogP contribution in [0.3, 0.4) is 0 Å². The van der Waals surface area contributed by atoms with Crippen LogP contribution in [0.5, 0.6) is 0 Å². The second-order valence-electron chi connectivity index (χ2n) is 2.61. The van der Waals surface area contributed by atoms with Crippen molar-refractivity contribution < 1.29 is 0 Å². The monoisotopic (exact) mass is 395 g/mol. The number of halogens is 3. The van der Waals surface area contributed by atoms with E-state index in [1.165, 1.54) is 0 Å². The molecule has 0 saturated heterocycles. The van der Waals surface area contributed by atoms with E-state index in [1.807, 2.05) is 23.6 Å². The van der Waals surface area contributed by atoms with Crippen LogP contribution in [0, 0.1) is 0 Å². The van der Waals surface area contributed by atoms with Gasteiger partial charge in [-0.3, -0.25) is 0 Å². The zero-order chi connectivity index (χ0) is 10.1. The van der Waals surface area contributed by atoms with Crippen molar-refractivity contribution in [2.45, 2.75) is 0 Å². The highest BCUT2D eigenvalue weighted by Crippen LogP contribution is 2.32. The third-order valence-corrected chi connectivity index (χ3v) is 4.20. The Morgan fingerprint density at radius 3 is 2.50 bits per heavy atom. The van der Waals surface area contributed by atoms with Crippen LogP contribution in [0.4, 0.5) is 0 Å². The van der Waals surface area contributed by atoms with Crippen LogP contribution in [0.15, 0.2) is 36.4 Å². The smallest absolute Gasteiger partial charge is 0.159 e. The maximum absolute atomic E-state index is 4.36. The molecule has 0 N–H and O–H groups in total. The van der Waals surface area contributed by atoms with Gasteiger partial charge in [0.15, 0.2) is 3.92 Å². The van der Waals surface area contributed by atoms with Gasteiger partial charge in [-0.1, -0.05) is 37.9 Å². The van der Waals surface area contributed by atoms with Crippen molar-refractivity contribution in [2.75, 3.05) is 0 Å². The Labute approximate surface area is 111 Å². The van der Waals surface area contributed by atoms with Gasteiger partial charge in [0.2, 0.25) is 0 Å². The van der Waals surface area contributed by atoms with Crippen molar-refractivity contribution in [3.63, 3.8) is 0 Å². The Hall–Kier alpha value is 0.290. The molecule has 0 aliphatic carbocycles. The average Bonchev–Trinajstić information content (AvgIpc) is 2.51. The Balaban J connectivity index is 2.52. The summed E-state index contributed by atoms with van der Waals surface area (Å²) in [5, 5.41) is 2.03. The lowest BCUT2D eigenvalue weighted by molar-refractivity contribution is 1.36. The van der Waals surface area contributed by atoms with Gasteiger partial charge in [0.1, 0.15) is 0 Å². The molecule has 5 heteroatoms. The third-order valence-electron chi connectivity index (χ3n) is 1.68. The third kappa shape index (κ3) is 2.27. The van der Waals surface area contributed by atoms with Gasteiger partial charge in [-0.15, -0.1) is 11.3 Å². The molecule has 0 radical (unpaired) electrons. The van der Waals surface area contributed by atoms with E-state index in [1.54, 1.807) is 11.3 Å². The second kappa shape index (κ2) is 4.43. The van der Waals surface area contributed by atoms with Gasteiger partial charge < -0.3 is 0 Å². The Morgan fingerprint density at radius 1 is 1.14 bits per heavy atom. The molecular formula is C9H4Br3NS. The summed E-state index contributed by atoms with van der Waals surface area (Å²) in [5.41, 5.74) is 2.09. The first-order valence-electron chi connectivity index (χ1n) is 3.73. The standard InChI is InChI=1S/C9H4Br3NS/c10-5-1-2-6(7(11)3-5)8-4-14-9(12)13-8/h1-4H. The lowest BCUT2D eigenvalue weighted by Gasteiger charge is -2.00. The molecule has 72 valence electrons. The number of thiazole rings is 1. The minimum atomic E-state index is 0.905. The van der Waals surface area contributed by atoms with Gasteiger partial charge in [0.05, 0.1) is 5.69 Å². The van der Waals surface area contributed by atoms with Crippen molar-refractivity contribution in [2.24, 2.45) is 0 Å². The van der Waals surface area contributed by atoms with Crippen molar-refractivity contribution in [3.05, 3.63) is 36.4 Å². The van der Waals surface area contributed by atoms with Crippen molar-refractivity contribution >= 4 is 59.1 Å². The maximum Gasteiger partial charge on any atom is 0.159 e. The number of hydrogen-bond donors (Lipinski definition) is 0. The molecule has 0 saturated carbocycles. The molecule has 1 nitrogen and oxygen atoms in total. The van der Waals surface area contributed by atoms with Crippen LogP contribution >= 0.6 is 59.1 Å². The summed E-state index contributed by atoms with van der Waals surface area (Å²) in [6, 6.07) is 6.06. The number of hydrogen-bond acceptors (Lipinski definition) is 2. The second-order valence-corrected chi connectivity index (χ2v) is 6.51. The first-order chi connectivity index (χ1) is 6.66. The van der Waals surface area contributed by atoms with E-state index in [-0.39, 0.29) is 0 Å². The van der Waals surface area contributed by atoms with Gasteiger partial charge in [-0.25, -0.2) is 4.98 Å². The Bertz CT molecular complexity index is 467. The molecule has 0 unspecified atom stereocenters. The summed E-state index contributed by atoms with van der Waals surface area (Å²) in [7, 11) is 0. The van der Waals surface area contributed by atoms with Crippen LogP contribution in [-0.2, 0) is 0 Å². The van der Waals surface area contributed by atoms with Crippen LogP contribution in [0.1, 0.15) is 0 Å². The molecule has 0 amide bonds. The van der Waals surface area contributed by atoms with E-state index in [2.05, 4.69) is 52.8 Å². The van der Waals surface area contributed by atoms with Crippen molar-refractivity contribution in [1.82, 2.24) is 4.98 Å². The van der Waals surface area contributed by atoms with Crippen molar-refractivity contribution in [1.29, 1.82) is 0 Å². The normalized spacial score (nSPS) is 10.5. The molecule has 0 aliphatic heterocycles. The highest BCUT2D eigenvalue weighted by atomic mass is 79.9. The minimum absolute atomic E-state index is 0.905. The fraction of sp³-hybridized carbons (Fsp3) is 0. The molecule has 14 heavy (non-hydrogen) atoms. The molecular weight excluding hydrogens is 394 g/mol. The summed E-state index contributed by atoms with van der Waals surface area (Å²) < 4.78 is 3.01. The van der Waals surface area contributed by atoms with Gasteiger partial charge in [0, 0.05) is 19.9 Å². The summed E-state index contributed by atoms with van der Waals surface area (Å²) in [5.74, 6) is 0. The van der Waals surface area contributed by atoms with Crippen LogP contribution < -0.4 is 0 Å². The molecule has 0 aliphatic rings. The zero-order valence-electron chi connectivity index (χ0n) is 6.80. The van der Waals surface area contributed by atoms with Gasteiger partial charge in [-0.05, 0) is 28.1 Å². The number of rotatable bonds is 1. The molecule has 1 aromatic carbocycles. The molecule has 2 rings (SSSR count). The van der Waals surface area contributed by atoms with Crippen LogP contribution in [0.2, 0.25) is 0 Å². The highest BCUT2D eigenvalue weighted by Gasteiger charge is 2.06. The van der Waals surface area contributed by atoms with E-state index < -0.39 is 0 Å². The maximum atomic E-state index is 4.36. The zero-order valence-corrected chi connectivity index (χ0v) is 12.4. The predicted octanol–water partition coefficient (Wildman–Crippen LogP) is 5.10. The highest BCUT2D eigenvalue weighted by molar-refractivity contribution is 9.11. The quantitative estimate of drug-likeness (QED) is 0.652. The first-order valence-corrected chi connectivity index (χ1v) is 6.99. The van der Waals surface area contributed by atoms with E-state index in [0.717, 1.165) is 24.1 Å². The van der Waals surface area contributed by atoms with E-state index in [0.29, 0.717) is 0 Å². The molecule has 0 atom stereocenters. The topological polar surface area (TPSA) is 12.9 Å². The molecule has 1 heterocycles. The van der Waals surface area contributed by atoms with Gasteiger partial charge >= 0.3 is 0 Å². The van der Waals surface area contributed by atoms with Gasteiger partial charge in [0.25, 0.3) is 0 Å². The number of benzene rings is 1. The lowest BCUT2D eigenvalue weighted by atomic mass is 10.2. The summed E-state index contributed by atoms with van der Waals surface area (Å²) >= 11 is 11.9. The Morgan fingerprint density at radius 2 is 1.93 bits per heavy atom. The SMILES string of the molecule is Brc1ccc(-c2csc(Br)n2)c(Br)c1. The molecule has 1 aromatic heterocycles. The van der Waals surface area contributed by atoms with E-state index in [4.69, 9.17) is 0 Å². The number of aromatic nitrogens is 1. The first kappa shape index (κ1) is 10.8. The van der Waals surface area contributed by atoms with E-state index >= 15 is 0 Å². The lowest BCUT2D eigenvalue weighted by Crippen LogP contribution is -1.79. The minimum Gasteiger partial charge on any atom is -0.229 e. The van der Waals surface area contributed by atoms with Crippen LogP contribution in [-0.4, -0.2) is 4.98 Å². The fourth-order valence-electron chi connectivity index (χ4n) is 1.07. The summed E-state index contributed by atoms with van der Waals surface area (Å²) in [4.78, 5) is 4.36. The largest absolute Gasteiger partial charge is 0.229 e. The Kier molecular flexibility index (Phi) is 3.42. The summed E-state index contributed by atoms with van der Waals surface area (Å²) in [6.45, 7) is 0. The predicted molar refractivity (Wildman–Crippen MR) is 70.7 cm³/mol. The fourth-order valence-corrected chi connectivity index (χ4v) is 3.33. The molecule has 0 bridgehead atoms. The summed E-state index contributed by atoms with van der Waals surface area (Å²) in [6.07, 6.45) is 0. The number of nitrogens with zero attached hydrogens (tertiary/aromatic N) is 1. The van der Waals surface area contributed by atoms with Gasteiger partial charge in [-0.2, -0.15) is 0 Å². The van der Waals surface area contributed by atoms with Crippen molar-refractivity contribution in [3.8, 4) is 11.3 Å². The average molecular weight is 398 g/mol. The molecule has 0 spiro atoms. The molecule has 0 fully saturated rings. The van der Waals surface area contributed by atoms with Crippen LogP contribution in [0.25, 0.3) is 11.3 Å². The van der Waals surface area contributed by atoms with E-state index in [9.17, 15) is 0 Å².